The van der Waals surface area contributed by atoms with Crippen molar-refractivity contribution in [3.05, 3.63) is 69.8 Å². The third-order valence-corrected chi connectivity index (χ3v) is 4.45. The minimum Gasteiger partial charge on any atom is -0.506 e. The Morgan fingerprint density at radius 3 is 2.96 bits per heavy atom. The average molecular weight is 348 g/mol. The Hall–Kier alpha value is -3.48. The lowest BCUT2D eigenvalue weighted by Gasteiger charge is -2.21. The first-order valence-electron chi connectivity index (χ1n) is 8.28. The third-order valence-electron chi connectivity index (χ3n) is 4.45. The van der Waals surface area contributed by atoms with E-state index >= 15 is 0 Å². The van der Waals surface area contributed by atoms with E-state index in [1.54, 1.807) is 35.0 Å². The Morgan fingerprint density at radius 1 is 1.27 bits per heavy atom. The summed E-state index contributed by atoms with van der Waals surface area (Å²) in [6, 6.07) is 10.8. The maximum Gasteiger partial charge on any atom is 0.280 e. The molecule has 0 atom stereocenters. The third kappa shape index (κ3) is 2.63. The van der Waals surface area contributed by atoms with Crippen molar-refractivity contribution in [2.24, 2.45) is 5.10 Å². The largest absolute Gasteiger partial charge is 0.506 e. The van der Waals surface area contributed by atoms with Crippen LogP contribution in [0.5, 0.6) is 5.75 Å². The first-order chi connectivity index (χ1) is 12.7. The lowest BCUT2D eigenvalue weighted by molar-refractivity contribution is 0.0950. The van der Waals surface area contributed by atoms with Crippen LogP contribution in [-0.4, -0.2) is 26.8 Å². The van der Waals surface area contributed by atoms with Gasteiger partial charge in [0.2, 0.25) is 0 Å². The van der Waals surface area contributed by atoms with Crippen molar-refractivity contribution < 1.29 is 9.90 Å². The molecule has 3 aromatic rings. The van der Waals surface area contributed by atoms with E-state index in [1.165, 1.54) is 6.21 Å². The smallest absolute Gasteiger partial charge is 0.280 e. The summed E-state index contributed by atoms with van der Waals surface area (Å²) in [6.45, 7) is 0.518. The normalized spacial score (nSPS) is 13.2. The summed E-state index contributed by atoms with van der Waals surface area (Å²) < 4.78 is 1.56. The molecule has 2 N–H and O–H groups in total. The number of amides is 1. The molecule has 2 aromatic heterocycles. The van der Waals surface area contributed by atoms with E-state index in [9.17, 15) is 14.7 Å². The van der Waals surface area contributed by atoms with Gasteiger partial charge in [-0.15, -0.1) is 0 Å². The Bertz CT molecular complexity index is 1090. The fraction of sp³-hybridized carbons (Fsp3) is 0.158. The highest BCUT2D eigenvalue weighted by molar-refractivity contribution is 6.03. The van der Waals surface area contributed by atoms with Crippen molar-refractivity contribution in [2.75, 3.05) is 0 Å². The Labute approximate surface area is 148 Å². The number of nitrogens with zero attached hydrogens (tertiary/aromatic N) is 3. The van der Waals surface area contributed by atoms with Gasteiger partial charge in [0.05, 0.1) is 17.4 Å². The molecular weight excluding hydrogens is 332 g/mol. The number of benzene rings is 1. The molecule has 1 aliphatic heterocycles. The molecule has 0 fully saturated rings. The Kier molecular flexibility index (Phi) is 3.96. The number of nitrogens with one attached hydrogen (secondary N) is 1. The number of para-hydroxylation sites is 1. The minimum absolute atomic E-state index is 0.297. The van der Waals surface area contributed by atoms with Crippen LogP contribution in [0.25, 0.3) is 10.9 Å². The number of aromatic nitrogens is 2. The first-order valence-corrected chi connectivity index (χ1v) is 8.28. The summed E-state index contributed by atoms with van der Waals surface area (Å²) >= 11 is 0. The van der Waals surface area contributed by atoms with Crippen molar-refractivity contribution in [3.63, 3.8) is 0 Å². The van der Waals surface area contributed by atoms with Gasteiger partial charge >= 0.3 is 0 Å². The van der Waals surface area contributed by atoms with Crippen LogP contribution in [0.3, 0.4) is 0 Å². The fourth-order valence-corrected chi connectivity index (χ4v) is 3.29. The highest BCUT2D eigenvalue weighted by Crippen LogP contribution is 2.31. The number of hydrazone groups is 1. The molecule has 0 spiro atoms. The number of carbonyl (C=O) groups excluding carboxylic acids is 1. The van der Waals surface area contributed by atoms with Crippen molar-refractivity contribution in [1.82, 2.24) is 15.0 Å². The summed E-state index contributed by atoms with van der Waals surface area (Å²) in [5.41, 5.74) is 3.76. The zero-order valence-electron chi connectivity index (χ0n) is 13.8. The van der Waals surface area contributed by atoms with Gasteiger partial charge in [-0.1, -0.05) is 18.2 Å². The molecule has 130 valence electrons. The van der Waals surface area contributed by atoms with Gasteiger partial charge in [0.1, 0.15) is 11.3 Å². The number of hydrogen-bond acceptors (Lipinski definition) is 5. The topological polar surface area (TPSA) is 96.6 Å². The maximum absolute atomic E-state index is 12.8. The van der Waals surface area contributed by atoms with Crippen LogP contribution in [0.2, 0.25) is 0 Å². The highest BCUT2D eigenvalue weighted by atomic mass is 16.3. The molecule has 0 unspecified atom stereocenters. The molecule has 0 saturated heterocycles. The summed E-state index contributed by atoms with van der Waals surface area (Å²) in [5.74, 6) is -1.06. The minimum atomic E-state index is -0.749. The van der Waals surface area contributed by atoms with E-state index in [2.05, 4.69) is 15.5 Å². The van der Waals surface area contributed by atoms with Crippen LogP contribution >= 0.6 is 0 Å². The van der Waals surface area contributed by atoms with E-state index in [4.69, 9.17) is 0 Å². The zero-order chi connectivity index (χ0) is 18.1. The second-order valence-electron chi connectivity index (χ2n) is 6.05. The molecule has 0 saturated carbocycles. The van der Waals surface area contributed by atoms with Crippen molar-refractivity contribution in [2.45, 2.75) is 19.4 Å². The fourth-order valence-electron chi connectivity index (χ4n) is 3.29. The lowest BCUT2D eigenvalue weighted by Crippen LogP contribution is -2.33. The average Bonchev–Trinajstić information content (AvgIpc) is 2.67. The molecule has 7 nitrogen and oxygen atoms in total. The van der Waals surface area contributed by atoms with Gasteiger partial charge in [0.25, 0.3) is 11.5 Å². The lowest BCUT2D eigenvalue weighted by atomic mass is 9.99. The van der Waals surface area contributed by atoms with E-state index in [-0.39, 0.29) is 11.3 Å². The van der Waals surface area contributed by atoms with Gasteiger partial charge in [-0.2, -0.15) is 5.10 Å². The highest BCUT2D eigenvalue weighted by Gasteiger charge is 2.24. The summed E-state index contributed by atoms with van der Waals surface area (Å²) in [6.07, 6.45) is 4.63. The van der Waals surface area contributed by atoms with E-state index in [0.717, 1.165) is 18.4 Å². The van der Waals surface area contributed by atoms with E-state index < -0.39 is 11.5 Å². The number of rotatable bonds is 3. The maximum atomic E-state index is 12.8. The van der Waals surface area contributed by atoms with E-state index in [1.807, 2.05) is 12.1 Å². The zero-order valence-corrected chi connectivity index (χ0v) is 13.8. The molecule has 3 heterocycles. The van der Waals surface area contributed by atoms with Gasteiger partial charge in [0, 0.05) is 18.1 Å². The summed E-state index contributed by atoms with van der Waals surface area (Å²) in [5, 5.41) is 14.9. The summed E-state index contributed by atoms with van der Waals surface area (Å²) in [7, 11) is 0. The standard InChI is InChI=1S/C19H16N4O3/c24-17-14-8-3-5-12-6-4-10-23(16(12)14)19(26)15(17)18(25)22-21-11-13-7-1-2-9-20-13/h1-3,5,7-9,11,24H,4,6,10H2,(H,22,25). The quantitative estimate of drug-likeness (QED) is 0.557. The van der Waals surface area contributed by atoms with Gasteiger partial charge in [-0.3, -0.25) is 14.6 Å². The van der Waals surface area contributed by atoms with Crippen molar-refractivity contribution in [3.8, 4) is 5.75 Å². The molecule has 4 rings (SSSR count). The second kappa shape index (κ2) is 6.44. The predicted octanol–water partition coefficient (Wildman–Crippen LogP) is 1.81. The van der Waals surface area contributed by atoms with E-state index in [0.29, 0.717) is 23.1 Å². The molecular formula is C19H16N4O3. The van der Waals surface area contributed by atoms with Crippen LogP contribution < -0.4 is 11.0 Å². The van der Waals surface area contributed by atoms with Gasteiger partial charge in [-0.25, -0.2) is 5.43 Å². The first kappa shape index (κ1) is 16.0. The van der Waals surface area contributed by atoms with Crippen molar-refractivity contribution >= 4 is 23.0 Å². The van der Waals surface area contributed by atoms with Crippen LogP contribution in [0.15, 0.2) is 52.5 Å². The Balaban J connectivity index is 1.74. The van der Waals surface area contributed by atoms with Crippen LogP contribution in [-0.2, 0) is 13.0 Å². The molecule has 0 aliphatic carbocycles. The predicted molar refractivity (Wildman–Crippen MR) is 97.5 cm³/mol. The molecule has 26 heavy (non-hydrogen) atoms. The van der Waals surface area contributed by atoms with Gasteiger partial charge in [-0.05, 0) is 36.6 Å². The van der Waals surface area contributed by atoms with Gasteiger partial charge < -0.3 is 9.67 Å². The number of carbonyl (C=O) groups is 1. The molecule has 0 radical (unpaired) electrons. The summed E-state index contributed by atoms with van der Waals surface area (Å²) in [4.78, 5) is 29.3. The molecule has 1 aromatic carbocycles. The van der Waals surface area contributed by atoms with Crippen LogP contribution in [0.4, 0.5) is 0 Å². The monoisotopic (exact) mass is 348 g/mol. The number of aryl methyl sites for hydroxylation is 2. The van der Waals surface area contributed by atoms with Crippen LogP contribution in [0.1, 0.15) is 28.0 Å². The molecule has 1 aliphatic rings. The Morgan fingerprint density at radius 2 is 2.15 bits per heavy atom. The molecule has 7 heteroatoms. The second-order valence-corrected chi connectivity index (χ2v) is 6.05. The molecule has 1 amide bonds. The van der Waals surface area contributed by atoms with Gasteiger partial charge in [0.15, 0.2) is 0 Å². The number of aromatic hydroxyl groups is 1. The number of hydrogen-bond donors (Lipinski definition) is 2. The SMILES string of the molecule is O=C(NN=Cc1ccccn1)c1c(O)c2cccc3c2n(c1=O)CCC3. The number of pyridine rings is 2. The van der Waals surface area contributed by atoms with Crippen molar-refractivity contribution in [1.29, 1.82) is 0 Å². The van der Waals surface area contributed by atoms with Crippen LogP contribution in [0, 0.1) is 0 Å². The molecule has 0 bridgehead atoms.